The third-order valence-electron chi connectivity index (χ3n) is 4.44. The summed E-state index contributed by atoms with van der Waals surface area (Å²) in [4.78, 5) is 6.60. The Morgan fingerprint density at radius 2 is 2.25 bits per heavy atom. The summed E-state index contributed by atoms with van der Waals surface area (Å²) < 4.78 is 5.26. The number of aliphatic hydroxyl groups is 1. The molecule has 2 N–H and O–H groups in total. The van der Waals surface area contributed by atoms with Crippen LogP contribution in [0.5, 0.6) is 5.75 Å². The van der Waals surface area contributed by atoms with Crippen LogP contribution in [0.4, 0.5) is 0 Å². The van der Waals surface area contributed by atoms with Gasteiger partial charge < -0.3 is 14.7 Å². The predicted octanol–water partition coefficient (Wildman–Crippen LogP) is 3.79. The maximum atomic E-state index is 10.3. The van der Waals surface area contributed by atoms with Crippen molar-refractivity contribution in [3.05, 3.63) is 40.4 Å². The van der Waals surface area contributed by atoms with Crippen LogP contribution < -0.4 is 4.74 Å². The van der Waals surface area contributed by atoms with Gasteiger partial charge in [0, 0.05) is 17.5 Å². The van der Waals surface area contributed by atoms with Crippen molar-refractivity contribution in [3.8, 4) is 17.0 Å². The Balaban J connectivity index is 1.60. The van der Waals surface area contributed by atoms with Gasteiger partial charge in [-0.2, -0.15) is 0 Å². The SMILES string of the molecule is COc1cccc(-c2csc(C3=C(O)CN(CC4CC4)C3=N)n2)c1. The molecule has 0 unspecified atom stereocenters. The topological polar surface area (TPSA) is 69.4 Å². The summed E-state index contributed by atoms with van der Waals surface area (Å²) in [6.07, 6.45) is 2.47. The minimum atomic E-state index is 0.257. The second-order valence-corrected chi connectivity index (χ2v) is 7.12. The van der Waals surface area contributed by atoms with E-state index in [0.717, 1.165) is 23.6 Å². The van der Waals surface area contributed by atoms with Gasteiger partial charge in [-0.1, -0.05) is 12.1 Å². The number of ether oxygens (including phenoxy) is 1. The molecule has 2 aromatic rings. The Morgan fingerprint density at radius 1 is 1.42 bits per heavy atom. The van der Waals surface area contributed by atoms with Crippen LogP contribution >= 0.6 is 11.3 Å². The van der Waals surface area contributed by atoms with Crippen LogP contribution in [0.15, 0.2) is 35.4 Å². The highest BCUT2D eigenvalue weighted by Crippen LogP contribution is 2.36. The average Bonchev–Trinajstić information content (AvgIpc) is 3.20. The number of rotatable bonds is 5. The van der Waals surface area contributed by atoms with Crippen molar-refractivity contribution in [2.75, 3.05) is 20.2 Å². The molecule has 1 saturated carbocycles. The number of hydrogen-bond donors (Lipinski definition) is 2. The van der Waals surface area contributed by atoms with Crippen LogP contribution in [0.2, 0.25) is 0 Å². The quantitative estimate of drug-likeness (QED) is 0.868. The Morgan fingerprint density at radius 3 is 3.00 bits per heavy atom. The zero-order valence-electron chi connectivity index (χ0n) is 13.5. The van der Waals surface area contributed by atoms with Gasteiger partial charge in [-0.3, -0.25) is 5.41 Å². The lowest BCUT2D eigenvalue weighted by Crippen LogP contribution is -2.28. The van der Waals surface area contributed by atoms with Crippen LogP contribution in [-0.4, -0.2) is 41.0 Å². The third kappa shape index (κ3) is 2.78. The standard InChI is InChI=1S/C18H19N3O2S/c1-23-13-4-2-3-12(7-13)14-10-24-18(20-14)16-15(22)9-21(17(16)19)8-11-5-6-11/h2-4,7,10-11,19,22H,5-6,8-9H2,1H3. The molecule has 0 radical (unpaired) electrons. The van der Waals surface area contributed by atoms with E-state index in [2.05, 4.69) is 4.98 Å². The van der Waals surface area contributed by atoms with Gasteiger partial charge in [0.15, 0.2) is 0 Å². The summed E-state index contributed by atoms with van der Waals surface area (Å²) in [7, 11) is 1.64. The summed E-state index contributed by atoms with van der Waals surface area (Å²) in [5, 5.41) is 21.4. The number of thiazole rings is 1. The number of nitrogens with zero attached hydrogens (tertiary/aromatic N) is 2. The first-order valence-electron chi connectivity index (χ1n) is 8.02. The average molecular weight is 341 g/mol. The Hall–Kier alpha value is -2.34. The Bertz CT molecular complexity index is 823. The summed E-state index contributed by atoms with van der Waals surface area (Å²) in [6.45, 7) is 1.29. The molecule has 1 fully saturated rings. The molecule has 0 bridgehead atoms. The lowest BCUT2D eigenvalue weighted by Gasteiger charge is -2.17. The van der Waals surface area contributed by atoms with E-state index in [9.17, 15) is 5.11 Å². The van der Waals surface area contributed by atoms with E-state index < -0.39 is 0 Å². The molecule has 2 aliphatic rings. The second kappa shape index (κ2) is 5.94. The lowest BCUT2D eigenvalue weighted by molar-refractivity contribution is 0.343. The van der Waals surface area contributed by atoms with Crippen molar-refractivity contribution in [3.63, 3.8) is 0 Å². The zero-order valence-corrected chi connectivity index (χ0v) is 14.3. The minimum Gasteiger partial charge on any atom is -0.510 e. The van der Waals surface area contributed by atoms with Gasteiger partial charge in [-0.15, -0.1) is 11.3 Å². The van der Waals surface area contributed by atoms with Crippen molar-refractivity contribution in [1.29, 1.82) is 5.41 Å². The van der Waals surface area contributed by atoms with Gasteiger partial charge in [-0.25, -0.2) is 4.98 Å². The van der Waals surface area contributed by atoms with Crippen molar-refractivity contribution >= 4 is 22.7 Å². The van der Waals surface area contributed by atoms with E-state index in [0.29, 0.717) is 28.9 Å². The zero-order chi connectivity index (χ0) is 16.7. The highest BCUT2D eigenvalue weighted by molar-refractivity contribution is 7.11. The molecule has 1 aromatic heterocycles. The van der Waals surface area contributed by atoms with Crippen LogP contribution in [0, 0.1) is 11.3 Å². The molecule has 2 heterocycles. The van der Waals surface area contributed by atoms with Crippen LogP contribution in [-0.2, 0) is 0 Å². The molecule has 0 spiro atoms. The largest absolute Gasteiger partial charge is 0.510 e. The summed E-state index contributed by atoms with van der Waals surface area (Å²) in [5.41, 5.74) is 2.38. The Labute approximate surface area is 144 Å². The van der Waals surface area contributed by atoms with E-state index in [1.54, 1.807) is 7.11 Å². The summed E-state index contributed by atoms with van der Waals surface area (Å²) in [6, 6.07) is 7.74. The van der Waals surface area contributed by atoms with Gasteiger partial charge in [-0.05, 0) is 30.9 Å². The smallest absolute Gasteiger partial charge is 0.135 e. The van der Waals surface area contributed by atoms with Gasteiger partial charge in [0.1, 0.15) is 22.4 Å². The first-order valence-corrected chi connectivity index (χ1v) is 8.90. The number of aliphatic hydroxyl groups excluding tert-OH is 1. The third-order valence-corrected chi connectivity index (χ3v) is 5.30. The molecule has 1 aromatic carbocycles. The first kappa shape index (κ1) is 15.2. The fourth-order valence-electron chi connectivity index (χ4n) is 2.93. The maximum absolute atomic E-state index is 10.3. The molecular weight excluding hydrogens is 322 g/mol. The molecular formula is C18H19N3O2S. The highest BCUT2D eigenvalue weighted by atomic mass is 32.1. The monoisotopic (exact) mass is 341 g/mol. The molecule has 1 aliphatic carbocycles. The van der Waals surface area contributed by atoms with Gasteiger partial charge >= 0.3 is 0 Å². The second-order valence-electron chi connectivity index (χ2n) is 6.26. The highest BCUT2D eigenvalue weighted by Gasteiger charge is 2.34. The Kier molecular flexibility index (Phi) is 3.76. The number of methoxy groups -OCH3 is 1. The molecule has 0 saturated heterocycles. The van der Waals surface area contributed by atoms with E-state index in [1.807, 2.05) is 34.5 Å². The molecule has 1 aliphatic heterocycles. The number of hydrogen-bond acceptors (Lipinski definition) is 5. The number of nitrogens with one attached hydrogen (secondary N) is 1. The van der Waals surface area contributed by atoms with Gasteiger partial charge in [0.2, 0.25) is 0 Å². The van der Waals surface area contributed by atoms with E-state index in [1.165, 1.54) is 24.2 Å². The number of aromatic nitrogens is 1. The first-order chi connectivity index (χ1) is 11.7. The van der Waals surface area contributed by atoms with Crippen LogP contribution in [0.25, 0.3) is 16.8 Å². The van der Waals surface area contributed by atoms with E-state index in [-0.39, 0.29) is 5.76 Å². The predicted molar refractivity (Wildman–Crippen MR) is 95.7 cm³/mol. The van der Waals surface area contributed by atoms with E-state index >= 15 is 0 Å². The molecule has 5 nitrogen and oxygen atoms in total. The molecule has 0 atom stereocenters. The lowest BCUT2D eigenvalue weighted by atomic mass is 10.1. The normalized spacial score (nSPS) is 17.7. The molecule has 4 rings (SSSR count). The van der Waals surface area contributed by atoms with Crippen LogP contribution in [0.1, 0.15) is 17.8 Å². The number of amidine groups is 1. The molecule has 24 heavy (non-hydrogen) atoms. The van der Waals surface area contributed by atoms with Crippen molar-refractivity contribution in [2.45, 2.75) is 12.8 Å². The fraction of sp³-hybridized carbons (Fsp3) is 0.333. The van der Waals surface area contributed by atoms with Crippen LogP contribution in [0.3, 0.4) is 0 Å². The molecule has 0 amide bonds. The summed E-state index contributed by atoms with van der Waals surface area (Å²) >= 11 is 1.46. The van der Waals surface area contributed by atoms with Crippen molar-refractivity contribution in [1.82, 2.24) is 9.88 Å². The van der Waals surface area contributed by atoms with Gasteiger partial charge in [0.25, 0.3) is 0 Å². The molecule has 124 valence electrons. The van der Waals surface area contributed by atoms with Crippen molar-refractivity contribution in [2.24, 2.45) is 5.92 Å². The van der Waals surface area contributed by atoms with Gasteiger partial charge in [0.05, 0.1) is 24.9 Å². The fourth-order valence-corrected chi connectivity index (χ4v) is 3.83. The number of benzene rings is 1. The summed E-state index contributed by atoms with van der Waals surface area (Å²) in [5.74, 6) is 2.12. The van der Waals surface area contributed by atoms with Crippen molar-refractivity contribution < 1.29 is 9.84 Å². The molecule has 6 heteroatoms. The van der Waals surface area contributed by atoms with E-state index in [4.69, 9.17) is 10.1 Å². The maximum Gasteiger partial charge on any atom is 0.135 e. The minimum absolute atomic E-state index is 0.257.